The van der Waals surface area contributed by atoms with E-state index in [0.717, 1.165) is 6.61 Å². The van der Waals surface area contributed by atoms with Crippen LogP contribution in [0, 0.1) is 11.8 Å². The van der Waals surface area contributed by atoms with E-state index in [0.29, 0.717) is 11.8 Å². The van der Waals surface area contributed by atoms with Crippen LogP contribution in [0.25, 0.3) is 0 Å². The molecular weight excluding hydrogens is 160 g/mol. The van der Waals surface area contributed by atoms with E-state index in [-0.39, 0.29) is 6.10 Å². The summed E-state index contributed by atoms with van der Waals surface area (Å²) in [5.41, 5.74) is 1.42. The zero-order chi connectivity index (χ0) is 9.26. The zero-order valence-electron chi connectivity index (χ0n) is 8.23. The average Bonchev–Trinajstić information content (AvgIpc) is 2.62. The second kappa shape index (κ2) is 3.51. The molecule has 70 valence electrons. The van der Waals surface area contributed by atoms with Gasteiger partial charge in [-0.25, -0.2) is 0 Å². The highest BCUT2D eigenvalue weighted by Crippen LogP contribution is 2.30. The van der Waals surface area contributed by atoms with E-state index in [1.54, 1.807) is 0 Å². The van der Waals surface area contributed by atoms with Crippen LogP contribution in [0.4, 0.5) is 0 Å². The molecule has 0 amide bonds. The number of allylic oxidation sites excluding steroid dienone is 3. The molecular formula is C12H16O. The molecule has 0 fully saturated rings. The van der Waals surface area contributed by atoms with Crippen LogP contribution in [-0.4, -0.2) is 12.7 Å². The molecule has 2 aliphatic rings. The summed E-state index contributed by atoms with van der Waals surface area (Å²) >= 11 is 0. The summed E-state index contributed by atoms with van der Waals surface area (Å²) in [6.07, 6.45) is 11.1. The molecule has 13 heavy (non-hydrogen) atoms. The van der Waals surface area contributed by atoms with Crippen molar-refractivity contribution in [1.29, 1.82) is 0 Å². The van der Waals surface area contributed by atoms with Crippen LogP contribution < -0.4 is 0 Å². The van der Waals surface area contributed by atoms with Crippen molar-refractivity contribution in [3.8, 4) is 0 Å². The minimum absolute atomic E-state index is 0.238. The van der Waals surface area contributed by atoms with Gasteiger partial charge < -0.3 is 4.74 Å². The topological polar surface area (TPSA) is 9.23 Å². The van der Waals surface area contributed by atoms with Gasteiger partial charge in [0.2, 0.25) is 0 Å². The minimum atomic E-state index is 0.238. The van der Waals surface area contributed by atoms with Gasteiger partial charge in [-0.05, 0) is 17.4 Å². The molecule has 0 bridgehead atoms. The molecule has 1 heteroatoms. The first-order valence-electron chi connectivity index (χ1n) is 4.95. The third-order valence-electron chi connectivity index (χ3n) is 3.03. The molecule has 3 unspecified atom stereocenters. The molecule has 0 spiro atoms. The van der Waals surface area contributed by atoms with Gasteiger partial charge in [-0.3, -0.25) is 0 Å². The second-order valence-corrected chi connectivity index (χ2v) is 3.88. The molecule has 0 saturated heterocycles. The maximum atomic E-state index is 5.60. The Morgan fingerprint density at radius 1 is 1.31 bits per heavy atom. The Morgan fingerprint density at radius 3 is 2.85 bits per heavy atom. The lowest BCUT2D eigenvalue weighted by atomic mass is 9.82. The van der Waals surface area contributed by atoms with Gasteiger partial charge in [0.15, 0.2) is 0 Å². The molecule has 0 saturated carbocycles. The van der Waals surface area contributed by atoms with E-state index in [2.05, 4.69) is 44.2 Å². The third-order valence-corrected chi connectivity index (χ3v) is 3.03. The van der Waals surface area contributed by atoms with Crippen molar-refractivity contribution in [2.24, 2.45) is 11.8 Å². The predicted octanol–water partition coefficient (Wildman–Crippen LogP) is 2.71. The van der Waals surface area contributed by atoms with Crippen LogP contribution in [0.3, 0.4) is 0 Å². The molecule has 1 nitrogen and oxygen atoms in total. The van der Waals surface area contributed by atoms with E-state index in [4.69, 9.17) is 4.74 Å². The van der Waals surface area contributed by atoms with Crippen LogP contribution in [0.5, 0.6) is 0 Å². The Bertz CT molecular complexity index is 273. The second-order valence-electron chi connectivity index (χ2n) is 3.88. The Kier molecular flexibility index (Phi) is 2.36. The Hall–Kier alpha value is -0.820. The quantitative estimate of drug-likeness (QED) is 0.558. The van der Waals surface area contributed by atoms with E-state index >= 15 is 0 Å². The molecule has 0 radical (unpaired) electrons. The fraction of sp³-hybridized carbons (Fsp3) is 0.500. The minimum Gasteiger partial charge on any atom is -0.366 e. The zero-order valence-corrected chi connectivity index (χ0v) is 8.23. The number of ether oxygens (including phenoxy) is 1. The Morgan fingerprint density at radius 2 is 2.15 bits per heavy atom. The van der Waals surface area contributed by atoms with Crippen molar-refractivity contribution in [3.05, 3.63) is 36.0 Å². The molecule has 0 aromatic rings. The van der Waals surface area contributed by atoms with Crippen molar-refractivity contribution in [1.82, 2.24) is 0 Å². The van der Waals surface area contributed by atoms with Crippen LogP contribution in [-0.2, 0) is 4.74 Å². The lowest BCUT2D eigenvalue weighted by molar-refractivity contribution is 0.142. The summed E-state index contributed by atoms with van der Waals surface area (Å²) < 4.78 is 5.60. The van der Waals surface area contributed by atoms with Gasteiger partial charge >= 0.3 is 0 Å². The standard InChI is InChI=1S/C12H16O/c1-9-5-3-6-11(10(9)2)12-7-4-8-13-12/h3-7,9-10,12H,8H2,1-2H3. The first-order chi connectivity index (χ1) is 6.29. The van der Waals surface area contributed by atoms with Gasteiger partial charge in [0, 0.05) is 0 Å². The van der Waals surface area contributed by atoms with Gasteiger partial charge in [0.05, 0.1) is 12.7 Å². The number of hydrogen-bond acceptors (Lipinski definition) is 1. The van der Waals surface area contributed by atoms with Crippen molar-refractivity contribution < 1.29 is 4.74 Å². The summed E-state index contributed by atoms with van der Waals surface area (Å²) in [5, 5.41) is 0. The molecule has 0 N–H and O–H groups in total. The molecule has 0 aromatic carbocycles. The first kappa shape index (κ1) is 8.76. The van der Waals surface area contributed by atoms with Crippen LogP contribution in [0.15, 0.2) is 36.0 Å². The van der Waals surface area contributed by atoms with Gasteiger partial charge in [-0.2, -0.15) is 0 Å². The third kappa shape index (κ3) is 1.61. The van der Waals surface area contributed by atoms with Crippen molar-refractivity contribution in [2.75, 3.05) is 6.61 Å². The molecule has 1 aliphatic carbocycles. The number of hydrogen-bond donors (Lipinski definition) is 0. The fourth-order valence-corrected chi connectivity index (χ4v) is 1.92. The van der Waals surface area contributed by atoms with Crippen molar-refractivity contribution in [3.63, 3.8) is 0 Å². The summed E-state index contributed by atoms with van der Waals surface area (Å²) in [4.78, 5) is 0. The summed E-state index contributed by atoms with van der Waals surface area (Å²) in [5.74, 6) is 1.25. The Labute approximate surface area is 79.8 Å². The summed E-state index contributed by atoms with van der Waals surface area (Å²) in [6.45, 7) is 5.30. The summed E-state index contributed by atoms with van der Waals surface area (Å²) in [6, 6.07) is 0. The molecule has 2 rings (SSSR count). The Balaban J connectivity index is 2.17. The van der Waals surface area contributed by atoms with E-state index < -0.39 is 0 Å². The van der Waals surface area contributed by atoms with Crippen LogP contribution in [0.1, 0.15) is 13.8 Å². The predicted molar refractivity (Wildman–Crippen MR) is 54.4 cm³/mol. The first-order valence-corrected chi connectivity index (χ1v) is 4.95. The van der Waals surface area contributed by atoms with Gasteiger partial charge in [0.25, 0.3) is 0 Å². The monoisotopic (exact) mass is 176 g/mol. The molecule has 1 heterocycles. The maximum Gasteiger partial charge on any atom is 0.0977 e. The van der Waals surface area contributed by atoms with Gasteiger partial charge in [0.1, 0.15) is 0 Å². The van der Waals surface area contributed by atoms with Crippen molar-refractivity contribution in [2.45, 2.75) is 20.0 Å². The molecule has 0 aromatic heterocycles. The smallest absolute Gasteiger partial charge is 0.0977 e. The van der Waals surface area contributed by atoms with E-state index in [1.807, 2.05) is 0 Å². The SMILES string of the molecule is CC1C=CC=C(C2C=CCO2)C1C. The highest BCUT2D eigenvalue weighted by Gasteiger charge is 2.24. The average molecular weight is 176 g/mol. The summed E-state index contributed by atoms with van der Waals surface area (Å²) in [7, 11) is 0. The lowest BCUT2D eigenvalue weighted by Gasteiger charge is -2.26. The number of rotatable bonds is 1. The van der Waals surface area contributed by atoms with Gasteiger partial charge in [-0.15, -0.1) is 0 Å². The fourth-order valence-electron chi connectivity index (χ4n) is 1.92. The molecule has 3 atom stereocenters. The van der Waals surface area contributed by atoms with E-state index in [9.17, 15) is 0 Å². The van der Waals surface area contributed by atoms with Crippen molar-refractivity contribution >= 4 is 0 Å². The maximum absolute atomic E-state index is 5.60. The molecule has 1 aliphatic heterocycles. The highest BCUT2D eigenvalue weighted by atomic mass is 16.5. The van der Waals surface area contributed by atoms with Gasteiger partial charge in [-0.1, -0.05) is 44.2 Å². The normalized spacial score (nSPS) is 38.0. The highest BCUT2D eigenvalue weighted by molar-refractivity contribution is 5.29. The largest absolute Gasteiger partial charge is 0.366 e. The van der Waals surface area contributed by atoms with Crippen LogP contribution in [0.2, 0.25) is 0 Å². The lowest BCUT2D eigenvalue weighted by Crippen LogP contribution is -2.21. The van der Waals surface area contributed by atoms with Crippen LogP contribution >= 0.6 is 0 Å². The van der Waals surface area contributed by atoms with E-state index in [1.165, 1.54) is 5.57 Å².